The van der Waals surface area contributed by atoms with E-state index in [1.807, 2.05) is 7.05 Å². The number of guanidine groups is 1. The van der Waals surface area contributed by atoms with Crippen LogP contribution >= 0.6 is 0 Å². The summed E-state index contributed by atoms with van der Waals surface area (Å²) in [6.45, 7) is 9.80. The van der Waals surface area contributed by atoms with Crippen LogP contribution in [0.25, 0.3) is 0 Å². The molecule has 0 amide bonds. The van der Waals surface area contributed by atoms with Gasteiger partial charge in [0, 0.05) is 46.3 Å². The van der Waals surface area contributed by atoms with Crippen molar-refractivity contribution in [1.29, 1.82) is 0 Å². The number of morpholine rings is 1. The van der Waals surface area contributed by atoms with E-state index in [-0.39, 0.29) is 0 Å². The maximum atomic E-state index is 5.43. The summed E-state index contributed by atoms with van der Waals surface area (Å²) in [7, 11) is 1.82. The molecule has 2 fully saturated rings. The Morgan fingerprint density at radius 2 is 1.15 bits per heavy atom. The summed E-state index contributed by atoms with van der Waals surface area (Å²) in [6.07, 6.45) is 4.07. The molecule has 178 valence electrons. The second kappa shape index (κ2) is 12.7. The summed E-state index contributed by atoms with van der Waals surface area (Å²) < 4.78 is 5.43. The first-order valence-electron chi connectivity index (χ1n) is 12.4. The van der Waals surface area contributed by atoms with E-state index >= 15 is 0 Å². The first-order chi connectivity index (χ1) is 16.3. The van der Waals surface area contributed by atoms with E-state index in [4.69, 9.17) is 4.74 Å². The van der Waals surface area contributed by atoms with Crippen LogP contribution in [-0.4, -0.2) is 62.2 Å². The maximum absolute atomic E-state index is 5.43. The molecule has 2 aliphatic rings. The quantitative estimate of drug-likeness (QED) is 0.478. The van der Waals surface area contributed by atoms with Crippen LogP contribution in [0.5, 0.6) is 0 Å². The van der Waals surface area contributed by atoms with Gasteiger partial charge in [0.2, 0.25) is 0 Å². The third-order valence-corrected chi connectivity index (χ3v) is 6.55. The summed E-state index contributed by atoms with van der Waals surface area (Å²) >= 11 is 0. The van der Waals surface area contributed by atoms with Crippen LogP contribution in [0.2, 0.25) is 0 Å². The van der Waals surface area contributed by atoms with Crippen molar-refractivity contribution in [1.82, 2.24) is 20.4 Å². The summed E-state index contributed by atoms with van der Waals surface area (Å²) in [5.41, 5.74) is 5.28. The van der Waals surface area contributed by atoms with Crippen LogP contribution < -0.4 is 10.6 Å². The van der Waals surface area contributed by atoms with Crippen molar-refractivity contribution < 1.29 is 4.74 Å². The molecule has 0 atom stereocenters. The maximum Gasteiger partial charge on any atom is 0.191 e. The molecular weight excluding hydrogens is 410 g/mol. The van der Waals surface area contributed by atoms with Crippen LogP contribution in [0.3, 0.4) is 0 Å². The highest BCUT2D eigenvalue weighted by Crippen LogP contribution is 2.14. The zero-order valence-corrected chi connectivity index (χ0v) is 20.1. The van der Waals surface area contributed by atoms with Gasteiger partial charge in [-0.15, -0.1) is 0 Å². The van der Waals surface area contributed by atoms with Gasteiger partial charge in [0.1, 0.15) is 0 Å². The van der Waals surface area contributed by atoms with Crippen LogP contribution in [0, 0.1) is 0 Å². The number of nitrogens with one attached hydrogen (secondary N) is 2. The normalized spacial score (nSPS) is 18.3. The predicted octanol–water partition coefficient (Wildman–Crippen LogP) is 3.37. The molecule has 2 saturated heterocycles. The zero-order valence-electron chi connectivity index (χ0n) is 20.1. The number of nitrogens with zero attached hydrogens (tertiary/aromatic N) is 3. The van der Waals surface area contributed by atoms with Crippen molar-refractivity contribution in [2.75, 3.05) is 46.4 Å². The van der Waals surface area contributed by atoms with Gasteiger partial charge < -0.3 is 15.4 Å². The summed E-state index contributed by atoms with van der Waals surface area (Å²) in [6, 6.07) is 17.9. The molecule has 0 saturated carbocycles. The molecule has 0 spiro atoms. The van der Waals surface area contributed by atoms with Crippen LogP contribution in [0.4, 0.5) is 0 Å². The largest absolute Gasteiger partial charge is 0.379 e. The van der Waals surface area contributed by atoms with Gasteiger partial charge in [-0.1, -0.05) is 55.0 Å². The van der Waals surface area contributed by atoms with E-state index in [0.717, 1.165) is 58.4 Å². The lowest BCUT2D eigenvalue weighted by molar-refractivity contribution is 0.0342. The van der Waals surface area contributed by atoms with Gasteiger partial charge >= 0.3 is 0 Å². The van der Waals surface area contributed by atoms with Crippen LogP contribution in [0.15, 0.2) is 53.5 Å². The number of benzene rings is 2. The molecule has 2 aromatic carbocycles. The number of ether oxygens (including phenoxy) is 1. The highest BCUT2D eigenvalue weighted by molar-refractivity contribution is 5.79. The fourth-order valence-corrected chi connectivity index (χ4v) is 4.51. The van der Waals surface area contributed by atoms with Gasteiger partial charge in [-0.25, -0.2) is 0 Å². The number of aliphatic imine (C=N–C) groups is 1. The van der Waals surface area contributed by atoms with E-state index in [9.17, 15) is 0 Å². The van der Waals surface area contributed by atoms with E-state index in [1.54, 1.807) is 0 Å². The molecule has 2 N–H and O–H groups in total. The minimum Gasteiger partial charge on any atom is -0.379 e. The van der Waals surface area contributed by atoms with Gasteiger partial charge in [-0.3, -0.25) is 14.8 Å². The number of likely N-dealkylation sites (tertiary alicyclic amines) is 1. The van der Waals surface area contributed by atoms with Crippen LogP contribution in [0.1, 0.15) is 41.5 Å². The van der Waals surface area contributed by atoms with Crippen LogP contribution in [-0.2, 0) is 30.9 Å². The Morgan fingerprint density at radius 1 is 0.697 bits per heavy atom. The average Bonchev–Trinajstić information content (AvgIpc) is 2.87. The Labute approximate surface area is 199 Å². The molecule has 6 heteroatoms. The van der Waals surface area contributed by atoms with E-state index in [0.29, 0.717) is 0 Å². The lowest BCUT2D eigenvalue weighted by Gasteiger charge is -2.26. The lowest BCUT2D eigenvalue weighted by atomic mass is 10.1. The molecule has 0 radical (unpaired) electrons. The first kappa shape index (κ1) is 23.7. The van der Waals surface area contributed by atoms with Gasteiger partial charge in [0.25, 0.3) is 0 Å². The van der Waals surface area contributed by atoms with Crippen molar-refractivity contribution in [3.8, 4) is 0 Å². The minimum atomic E-state index is 0.756. The third kappa shape index (κ3) is 7.84. The fourth-order valence-electron chi connectivity index (χ4n) is 4.51. The smallest absolute Gasteiger partial charge is 0.191 e. The summed E-state index contributed by atoms with van der Waals surface area (Å²) in [5.74, 6) is 0.824. The molecule has 0 bridgehead atoms. The van der Waals surface area contributed by atoms with Gasteiger partial charge in [0.05, 0.1) is 13.2 Å². The Hall–Kier alpha value is -2.41. The summed E-state index contributed by atoms with van der Waals surface area (Å²) in [4.78, 5) is 9.39. The number of hydrogen-bond acceptors (Lipinski definition) is 4. The molecular formula is C27H39N5O. The lowest BCUT2D eigenvalue weighted by Crippen LogP contribution is -2.36. The first-order valence-corrected chi connectivity index (χ1v) is 12.4. The predicted molar refractivity (Wildman–Crippen MR) is 135 cm³/mol. The zero-order chi connectivity index (χ0) is 22.7. The summed E-state index contributed by atoms with van der Waals surface area (Å²) in [5, 5.41) is 6.86. The molecule has 2 aliphatic heterocycles. The van der Waals surface area contributed by atoms with Gasteiger partial charge in [0.15, 0.2) is 5.96 Å². The highest BCUT2D eigenvalue weighted by Gasteiger charge is 2.11. The van der Waals surface area contributed by atoms with Crippen molar-refractivity contribution in [2.24, 2.45) is 4.99 Å². The molecule has 6 nitrogen and oxygen atoms in total. The van der Waals surface area contributed by atoms with Crippen molar-refractivity contribution >= 4 is 5.96 Å². The Morgan fingerprint density at radius 3 is 1.64 bits per heavy atom. The van der Waals surface area contributed by atoms with Gasteiger partial charge in [-0.05, 0) is 48.2 Å². The molecule has 33 heavy (non-hydrogen) atoms. The standard InChI is InChI=1S/C27H39N5O/c1-28-27(29-19-23-5-9-25(10-6-23)21-31-13-3-2-4-14-31)30-20-24-7-11-26(12-8-24)22-32-15-17-33-18-16-32/h5-12H,2-4,13-22H2,1H3,(H2,28,29,30). The van der Waals surface area contributed by atoms with Gasteiger partial charge in [-0.2, -0.15) is 0 Å². The highest BCUT2D eigenvalue weighted by atomic mass is 16.5. The topological polar surface area (TPSA) is 52.1 Å². The molecule has 4 rings (SSSR count). The molecule has 0 aromatic heterocycles. The molecule has 0 unspecified atom stereocenters. The third-order valence-electron chi connectivity index (χ3n) is 6.55. The average molecular weight is 450 g/mol. The monoisotopic (exact) mass is 449 g/mol. The van der Waals surface area contributed by atoms with E-state index < -0.39 is 0 Å². The number of hydrogen-bond donors (Lipinski definition) is 2. The minimum absolute atomic E-state index is 0.756. The van der Waals surface area contributed by atoms with Crippen molar-refractivity contribution in [2.45, 2.75) is 45.4 Å². The second-order valence-electron chi connectivity index (χ2n) is 9.14. The van der Waals surface area contributed by atoms with E-state index in [2.05, 4.69) is 74.0 Å². The van der Waals surface area contributed by atoms with Crippen molar-refractivity contribution in [3.05, 3.63) is 70.8 Å². The Balaban J connectivity index is 1.18. The second-order valence-corrected chi connectivity index (χ2v) is 9.14. The fraction of sp³-hybridized carbons (Fsp3) is 0.519. The number of piperidine rings is 1. The Kier molecular flexibility index (Phi) is 9.16. The van der Waals surface area contributed by atoms with Crippen molar-refractivity contribution in [3.63, 3.8) is 0 Å². The Bertz CT molecular complexity index is 784. The van der Waals surface area contributed by atoms with E-state index in [1.165, 1.54) is 54.6 Å². The molecule has 2 aromatic rings. The molecule has 0 aliphatic carbocycles. The SMILES string of the molecule is CN=C(NCc1ccc(CN2CCCCC2)cc1)NCc1ccc(CN2CCOCC2)cc1. The molecule has 2 heterocycles. The number of rotatable bonds is 8.